The predicted octanol–water partition coefficient (Wildman–Crippen LogP) is 1.13. The summed E-state index contributed by atoms with van der Waals surface area (Å²) >= 11 is 0. The molecular formula is C17H34N4O. The summed E-state index contributed by atoms with van der Waals surface area (Å²) < 4.78 is 0. The van der Waals surface area contributed by atoms with E-state index in [1.54, 1.807) is 0 Å². The second-order valence-electron chi connectivity index (χ2n) is 7.02. The first-order valence-corrected chi connectivity index (χ1v) is 9.08. The average Bonchev–Trinajstić information content (AvgIpc) is 2.78. The van der Waals surface area contributed by atoms with Crippen molar-refractivity contribution in [2.24, 2.45) is 5.73 Å². The number of unbranched alkanes of at least 4 members (excludes halogenated alkanes) is 1. The van der Waals surface area contributed by atoms with Crippen LogP contribution in [0, 0.1) is 0 Å². The van der Waals surface area contributed by atoms with Gasteiger partial charge in [0.15, 0.2) is 0 Å². The van der Waals surface area contributed by atoms with Crippen LogP contribution in [0.2, 0.25) is 0 Å². The average molecular weight is 310 g/mol. The fraction of sp³-hybridized carbons (Fsp3) is 0.941. The van der Waals surface area contributed by atoms with Crippen molar-refractivity contribution in [3.05, 3.63) is 0 Å². The van der Waals surface area contributed by atoms with Crippen LogP contribution in [-0.2, 0) is 4.79 Å². The van der Waals surface area contributed by atoms with Crippen LogP contribution in [0.25, 0.3) is 0 Å². The standard InChI is InChI=1S/C17H34N4O/c1-3-4-8-16(18)17(22)21-9-6-5-7-15(14-21)20-12-10-19(2)11-13-20/h15-16H,3-14,18H2,1-2H3. The monoisotopic (exact) mass is 310 g/mol. The molecular weight excluding hydrogens is 276 g/mol. The Morgan fingerprint density at radius 1 is 1.18 bits per heavy atom. The lowest BCUT2D eigenvalue weighted by molar-refractivity contribution is -0.133. The lowest BCUT2D eigenvalue weighted by Crippen LogP contribution is -2.54. The number of amides is 1. The molecule has 2 aliphatic heterocycles. The van der Waals surface area contributed by atoms with E-state index in [0.717, 1.165) is 65.0 Å². The molecule has 22 heavy (non-hydrogen) atoms. The Morgan fingerprint density at radius 3 is 2.59 bits per heavy atom. The third-order valence-corrected chi connectivity index (χ3v) is 5.20. The topological polar surface area (TPSA) is 52.8 Å². The third-order valence-electron chi connectivity index (χ3n) is 5.20. The first-order valence-electron chi connectivity index (χ1n) is 9.08. The van der Waals surface area contributed by atoms with Crippen LogP contribution in [0.1, 0.15) is 45.4 Å². The molecule has 0 spiro atoms. The molecule has 2 aliphatic rings. The number of nitrogens with two attached hydrogens (primary N) is 1. The largest absolute Gasteiger partial charge is 0.340 e. The zero-order valence-electron chi connectivity index (χ0n) is 14.5. The van der Waals surface area contributed by atoms with Gasteiger partial charge in [0.1, 0.15) is 0 Å². The summed E-state index contributed by atoms with van der Waals surface area (Å²) in [5.41, 5.74) is 6.12. The van der Waals surface area contributed by atoms with Gasteiger partial charge in [-0.25, -0.2) is 0 Å². The van der Waals surface area contributed by atoms with Crippen LogP contribution in [0.4, 0.5) is 0 Å². The van der Waals surface area contributed by atoms with Gasteiger partial charge in [0.25, 0.3) is 0 Å². The quantitative estimate of drug-likeness (QED) is 0.827. The molecule has 128 valence electrons. The molecule has 2 unspecified atom stereocenters. The van der Waals surface area contributed by atoms with Crippen LogP contribution in [0.5, 0.6) is 0 Å². The second-order valence-corrected chi connectivity index (χ2v) is 7.02. The highest BCUT2D eigenvalue weighted by atomic mass is 16.2. The summed E-state index contributed by atoms with van der Waals surface area (Å²) in [7, 11) is 2.19. The van der Waals surface area contributed by atoms with Crippen molar-refractivity contribution in [2.45, 2.75) is 57.5 Å². The minimum Gasteiger partial charge on any atom is -0.340 e. The van der Waals surface area contributed by atoms with Crippen LogP contribution in [0.3, 0.4) is 0 Å². The minimum atomic E-state index is -0.300. The predicted molar refractivity (Wildman–Crippen MR) is 90.8 cm³/mol. The number of nitrogens with zero attached hydrogens (tertiary/aromatic N) is 3. The molecule has 2 heterocycles. The Hall–Kier alpha value is -0.650. The first-order chi connectivity index (χ1) is 10.6. The maximum atomic E-state index is 12.6. The molecule has 1 amide bonds. The van der Waals surface area contributed by atoms with Gasteiger partial charge in [0.2, 0.25) is 5.91 Å². The highest BCUT2D eigenvalue weighted by molar-refractivity contribution is 5.81. The summed E-state index contributed by atoms with van der Waals surface area (Å²) in [6.45, 7) is 8.45. The molecule has 5 nitrogen and oxygen atoms in total. The van der Waals surface area contributed by atoms with E-state index >= 15 is 0 Å². The van der Waals surface area contributed by atoms with Crippen molar-refractivity contribution in [1.82, 2.24) is 14.7 Å². The Labute approximate surface area is 135 Å². The number of hydrogen-bond donors (Lipinski definition) is 1. The Kier molecular flexibility index (Phi) is 7.12. The number of rotatable bonds is 5. The number of likely N-dealkylation sites (N-methyl/N-ethyl adjacent to an activating group) is 1. The zero-order chi connectivity index (χ0) is 15.9. The summed E-state index contributed by atoms with van der Waals surface area (Å²) in [6.07, 6.45) is 6.54. The lowest BCUT2D eigenvalue weighted by Gasteiger charge is -2.39. The van der Waals surface area contributed by atoms with Crippen molar-refractivity contribution >= 4 is 5.91 Å². The summed E-state index contributed by atoms with van der Waals surface area (Å²) in [5, 5.41) is 0. The van der Waals surface area contributed by atoms with E-state index < -0.39 is 0 Å². The summed E-state index contributed by atoms with van der Waals surface area (Å²) in [6, 6.07) is 0.227. The van der Waals surface area contributed by atoms with Crippen molar-refractivity contribution in [1.29, 1.82) is 0 Å². The molecule has 0 saturated carbocycles. The molecule has 0 aromatic rings. The molecule has 0 aliphatic carbocycles. The molecule has 2 fully saturated rings. The highest BCUT2D eigenvalue weighted by Crippen LogP contribution is 2.18. The molecule has 0 radical (unpaired) electrons. The number of carbonyl (C=O) groups excluding carboxylic acids is 1. The van der Waals surface area contributed by atoms with E-state index in [9.17, 15) is 4.79 Å². The van der Waals surface area contributed by atoms with E-state index in [1.165, 1.54) is 12.8 Å². The molecule has 5 heteroatoms. The maximum absolute atomic E-state index is 12.6. The van der Waals surface area contributed by atoms with Gasteiger partial charge in [-0.05, 0) is 26.3 Å². The lowest BCUT2D eigenvalue weighted by atomic mass is 10.1. The first kappa shape index (κ1) is 17.7. The van der Waals surface area contributed by atoms with Gasteiger partial charge in [0, 0.05) is 45.3 Å². The smallest absolute Gasteiger partial charge is 0.239 e. The fourth-order valence-electron chi connectivity index (χ4n) is 3.59. The van der Waals surface area contributed by atoms with Gasteiger partial charge in [-0.15, -0.1) is 0 Å². The number of piperazine rings is 1. The maximum Gasteiger partial charge on any atom is 0.239 e. The van der Waals surface area contributed by atoms with Crippen molar-refractivity contribution in [2.75, 3.05) is 46.3 Å². The van der Waals surface area contributed by atoms with Crippen LogP contribution < -0.4 is 5.73 Å². The molecule has 2 atom stereocenters. The van der Waals surface area contributed by atoms with Gasteiger partial charge in [0.05, 0.1) is 6.04 Å². The zero-order valence-corrected chi connectivity index (χ0v) is 14.5. The van der Waals surface area contributed by atoms with Crippen molar-refractivity contribution < 1.29 is 4.79 Å². The van der Waals surface area contributed by atoms with E-state index in [-0.39, 0.29) is 11.9 Å². The SMILES string of the molecule is CCCCC(N)C(=O)N1CCCCC(N2CCN(C)CC2)C1. The van der Waals surface area contributed by atoms with E-state index in [1.807, 2.05) is 0 Å². The number of likely N-dealkylation sites (tertiary alicyclic amines) is 1. The molecule has 2 rings (SSSR count). The Balaban J connectivity index is 1.90. The van der Waals surface area contributed by atoms with Crippen molar-refractivity contribution in [3.63, 3.8) is 0 Å². The van der Waals surface area contributed by atoms with Crippen LogP contribution >= 0.6 is 0 Å². The summed E-state index contributed by atoms with van der Waals surface area (Å²) in [5.74, 6) is 0.175. The van der Waals surface area contributed by atoms with Crippen molar-refractivity contribution in [3.8, 4) is 0 Å². The fourth-order valence-corrected chi connectivity index (χ4v) is 3.59. The third kappa shape index (κ3) is 4.93. The number of carbonyl (C=O) groups is 1. The second kappa shape index (κ2) is 8.85. The summed E-state index contributed by atoms with van der Waals surface area (Å²) in [4.78, 5) is 19.6. The molecule has 0 aromatic carbocycles. The van der Waals surface area contributed by atoms with Gasteiger partial charge < -0.3 is 15.5 Å². The van der Waals surface area contributed by atoms with Gasteiger partial charge >= 0.3 is 0 Å². The Morgan fingerprint density at radius 2 is 1.91 bits per heavy atom. The van der Waals surface area contributed by atoms with Crippen LogP contribution in [-0.4, -0.2) is 79.0 Å². The molecule has 2 saturated heterocycles. The van der Waals surface area contributed by atoms with E-state index in [4.69, 9.17) is 5.73 Å². The molecule has 0 aromatic heterocycles. The van der Waals surface area contributed by atoms with Gasteiger partial charge in [-0.3, -0.25) is 9.69 Å². The molecule has 0 bridgehead atoms. The molecule has 2 N–H and O–H groups in total. The van der Waals surface area contributed by atoms with Gasteiger partial charge in [-0.2, -0.15) is 0 Å². The van der Waals surface area contributed by atoms with Gasteiger partial charge in [-0.1, -0.05) is 26.2 Å². The van der Waals surface area contributed by atoms with E-state index in [0.29, 0.717) is 6.04 Å². The van der Waals surface area contributed by atoms with Crippen LogP contribution in [0.15, 0.2) is 0 Å². The normalized spacial score (nSPS) is 26.7. The minimum absolute atomic E-state index is 0.175. The number of hydrogen-bond acceptors (Lipinski definition) is 4. The Bertz CT molecular complexity index is 342. The van der Waals surface area contributed by atoms with E-state index in [2.05, 4.69) is 28.7 Å². The highest BCUT2D eigenvalue weighted by Gasteiger charge is 2.29.